The van der Waals surface area contributed by atoms with E-state index in [4.69, 9.17) is 4.42 Å². The minimum absolute atomic E-state index is 0. The second-order valence-corrected chi connectivity index (χ2v) is 5.64. The molecule has 0 aliphatic rings. The molecule has 28 heavy (non-hydrogen) atoms. The summed E-state index contributed by atoms with van der Waals surface area (Å²) in [6, 6.07) is 9.87. The molecular weight excluding hydrogens is 485 g/mol. The van der Waals surface area contributed by atoms with E-state index in [2.05, 4.69) is 20.4 Å². The van der Waals surface area contributed by atoms with Crippen molar-refractivity contribution in [2.45, 2.75) is 19.7 Å². The van der Waals surface area contributed by atoms with Crippen LogP contribution >= 0.6 is 24.0 Å². The maximum atomic E-state index is 12.2. The number of hydrogen-bond donors (Lipinski definition) is 2. The minimum atomic E-state index is -2.85. The molecule has 154 valence electrons. The summed E-state index contributed by atoms with van der Waals surface area (Å²) in [5.74, 6) is 1.10. The Kier molecular flexibility index (Phi) is 10.3. The quantitative estimate of drug-likeness (QED) is 0.326. The van der Waals surface area contributed by atoms with Crippen LogP contribution in [0.25, 0.3) is 0 Å². The number of guanidine groups is 1. The maximum absolute atomic E-state index is 12.2. The zero-order valence-electron chi connectivity index (χ0n) is 15.5. The minimum Gasteiger partial charge on any atom is -0.467 e. The Morgan fingerprint density at radius 3 is 2.54 bits per heavy atom. The molecule has 0 saturated carbocycles. The molecule has 0 aliphatic heterocycles. The second-order valence-electron chi connectivity index (χ2n) is 5.64. The van der Waals surface area contributed by atoms with Crippen molar-refractivity contribution in [3.63, 3.8) is 0 Å². The van der Waals surface area contributed by atoms with Crippen LogP contribution in [-0.2, 0) is 17.9 Å². The number of halogens is 3. The lowest BCUT2D eigenvalue weighted by atomic mass is 10.2. The van der Waals surface area contributed by atoms with Gasteiger partial charge in [0.1, 0.15) is 11.5 Å². The molecule has 2 aromatic rings. The van der Waals surface area contributed by atoms with Crippen LogP contribution in [0.5, 0.6) is 5.75 Å². The summed E-state index contributed by atoms with van der Waals surface area (Å²) in [5, 5.41) is 5.70. The van der Waals surface area contributed by atoms with Crippen LogP contribution in [0.15, 0.2) is 52.1 Å². The highest BCUT2D eigenvalue weighted by Gasteiger charge is 2.10. The van der Waals surface area contributed by atoms with Crippen LogP contribution in [0.4, 0.5) is 8.78 Å². The average Bonchev–Trinajstić information content (AvgIpc) is 3.15. The van der Waals surface area contributed by atoms with Gasteiger partial charge in [0.2, 0.25) is 5.91 Å². The highest BCUT2D eigenvalue weighted by atomic mass is 127. The number of rotatable bonds is 8. The van der Waals surface area contributed by atoms with Crippen molar-refractivity contribution in [2.24, 2.45) is 4.99 Å². The summed E-state index contributed by atoms with van der Waals surface area (Å²) in [6.45, 7) is -2.00. The number of nitrogens with one attached hydrogen (secondary N) is 2. The Balaban J connectivity index is 0.00000392. The van der Waals surface area contributed by atoms with E-state index in [0.717, 1.165) is 5.56 Å². The zero-order chi connectivity index (χ0) is 19.6. The third-order valence-electron chi connectivity index (χ3n) is 3.59. The Morgan fingerprint density at radius 2 is 1.96 bits per heavy atom. The van der Waals surface area contributed by atoms with Gasteiger partial charge in [0.25, 0.3) is 0 Å². The molecule has 10 heteroatoms. The standard InChI is InChI=1S/C18H22F2N4O3.HI/c1-21-18(23-11-16(25)22-10-15-4-3-9-26-15)24(2)12-13-5-7-14(8-6-13)27-17(19)20;/h3-9,17H,10-12H2,1-2H3,(H,21,23)(H,22,25);1H. The van der Waals surface area contributed by atoms with Crippen molar-refractivity contribution in [2.75, 3.05) is 20.6 Å². The van der Waals surface area contributed by atoms with Crippen LogP contribution in [0.3, 0.4) is 0 Å². The first-order valence-electron chi connectivity index (χ1n) is 8.22. The van der Waals surface area contributed by atoms with Gasteiger partial charge < -0.3 is 24.7 Å². The van der Waals surface area contributed by atoms with Gasteiger partial charge in [-0.1, -0.05) is 12.1 Å². The normalized spacial score (nSPS) is 11.0. The molecular formula is C18H23F2IN4O3. The molecule has 1 aromatic carbocycles. The van der Waals surface area contributed by atoms with Crippen molar-refractivity contribution in [1.29, 1.82) is 0 Å². The third kappa shape index (κ3) is 8.11. The van der Waals surface area contributed by atoms with E-state index < -0.39 is 6.61 Å². The van der Waals surface area contributed by atoms with Crippen molar-refractivity contribution < 1.29 is 22.7 Å². The topological polar surface area (TPSA) is 79.1 Å². The van der Waals surface area contributed by atoms with Crippen molar-refractivity contribution in [1.82, 2.24) is 15.5 Å². The largest absolute Gasteiger partial charge is 0.467 e. The number of amides is 1. The highest BCUT2D eigenvalue weighted by Crippen LogP contribution is 2.15. The first-order chi connectivity index (χ1) is 13.0. The van der Waals surface area contributed by atoms with Crippen molar-refractivity contribution in [3.8, 4) is 5.75 Å². The van der Waals surface area contributed by atoms with Gasteiger partial charge in [-0.05, 0) is 29.8 Å². The molecule has 2 N–H and O–H groups in total. The van der Waals surface area contributed by atoms with E-state index in [1.807, 2.05) is 4.90 Å². The van der Waals surface area contributed by atoms with Gasteiger partial charge in [0.05, 0.1) is 19.4 Å². The van der Waals surface area contributed by atoms with E-state index in [-0.39, 0.29) is 42.2 Å². The molecule has 0 aliphatic carbocycles. The predicted octanol–water partition coefficient (Wildman–Crippen LogP) is 2.82. The van der Waals surface area contributed by atoms with Crippen LogP contribution < -0.4 is 15.4 Å². The maximum Gasteiger partial charge on any atom is 0.387 e. The number of benzene rings is 1. The van der Waals surface area contributed by atoms with Gasteiger partial charge in [-0.25, -0.2) is 0 Å². The lowest BCUT2D eigenvalue weighted by molar-refractivity contribution is -0.120. The first kappa shape index (κ1) is 23.7. The number of nitrogens with zero attached hydrogens (tertiary/aromatic N) is 2. The molecule has 0 radical (unpaired) electrons. The van der Waals surface area contributed by atoms with Gasteiger partial charge in [-0.15, -0.1) is 24.0 Å². The van der Waals surface area contributed by atoms with E-state index in [1.54, 1.807) is 44.6 Å². The van der Waals surface area contributed by atoms with Crippen LogP contribution in [0.1, 0.15) is 11.3 Å². The molecule has 0 saturated heterocycles. The average molecular weight is 508 g/mol. The summed E-state index contributed by atoms with van der Waals surface area (Å²) in [6.07, 6.45) is 1.54. The van der Waals surface area contributed by atoms with Gasteiger partial charge in [0.15, 0.2) is 5.96 Å². The number of hydrogen-bond acceptors (Lipinski definition) is 4. The first-order valence-corrected chi connectivity index (χ1v) is 8.22. The third-order valence-corrected chi connectivity index (χ3v) is 3.59. The Labute approximate surface area is 179 Å². The molecule has 0 bridgehead atoms. The number of aliphatic imine (C=N–C) groups is 1. The molecule has 0 spiro atoms. The molecule has 7 nitrogen and oxygen atoms in total. The van der Waals surface area contributed by atoms with E-state index in [0.29, 0.717) is 24.8 Å². The molecule has 0 unspecified atom stereocenters. The number of alkyl halides is 2. The molecule has 2 rings (SSSR count). The van der Waals surface area contributed by atoms with Crippen LogP contribution in [-0.4, -0.2) is 44.0 Å². The van der Waals surface area contributed by atoms with E-state index >= 15 is 0 Å². The summed E-state index contributed by atoms with van der Waals surface area (Å²) in [5.41, 5.74) is 0.879. The fourth-order valence-electron chi connectivity index (χ4n) is 2.33. The summed E-state index contributed by atoms with van der Waals surface area (Å²) in [7, 11) is 3.42. The van der Waals surface area contributed by atoms with Gasteiger partial charge >= 0.3 is 6.61 Å². The number of carbonyl (C=O) groups excluding carboxylic acids is 1. The number of ether oxygens (including phenoxy) is 1. The van der Waals surface area contributed by atoms with Gasteiger partial charge in [-0.3, -0.25) is 9.79 Å². The summed E-state index contributed by atoms with van der Waals surface area (Å²) >= 11 is 0. The monoisotopic (exact) mass is 508 g/mol. The highest BCUT2D eigenvalue weighted by molar-refractivity contribution is 14.0. The molecule has 1 aromatic heterocycles. The van der Waals surface area contributed by atoms with Crippen molar-refractivity contribution >= 4 is 35.8 Å². The molecule has 0 fully saturated rings. The Hall–Kier alpha value is -2.37. The Bertz CT molecular complexity index is 740. The number of furan rings is 1. The van der Waals surface area contributed by atoms with Crippen LogP contribution in [0.2, 0.25) is 0 Å². The van der Waals surface area contributed by atoms with Crippen molar-refractivity contribution in [3.05, 3.63) is 54.0 Å². The second kappa shape index (κ2) is 12.2. The van der Waals surface area contributed by atoms with Gasteiger partial charge in [0, 0.05) is 20.6 Å². The lowest BCUT2D eigenvalue weighted by Gasteiger charge is -2.22. The smallest absolute Gasteiger partial charge is 0.387 e. The fourth-order valence-corrected chi connectivity index (χ4v) is 2.33. The summed E-state index contributed by atoms with van der Waals surface area (Å²) in [4.78, 5) is 17.8. The number of carbonyl (C=O) groups is 1. The molecule has 0 atom stereocenters. The SMILES string of the molecule is CN=C(NCC(=O)NCc1ccco1)N(C)Cc1ccc(OC(F)F)cc1.I. The predicted molar refractivity (Wildman–Crippen MR) is 112 cm³/mol. The van der Waals surface area contributed by atoms with Gasteiger partial charge in [-0.2, -0.15) is 8.78 Å². The fraction of sp³-hybridized carbons (Fsp3) is 0.333. The van der Waals surface area contributed by atoms with E-state index in [9.17, 15) is 13.6 Å². The lowest BCUT2D eigenvalue weighted by Crippen LogP contribution is -2.43. The summed E-state index contributed by atoms with van der Waals surface area (Å²) < 4.78 is 33.8. The Morgan fingerprint density at radius 1 is 1.25 bits per heavy atom. The van der Waals surface area contributed by atoms with Crippen LogP contribution in [0, 0.1) is 0 Å². The zero-order valence-corrected chi connectivity index (χ0v) is 17.9. The molecule has 1 heterocycles. The van der Waals surface area contributed by atoms with E-state index in [1.165, 1.54) is 12.1 Å². The molecule has 1 amide bonds.